The third-order valence-electron chi connectivity index (χ3n) is 18.5. The molecule has 16 rings (SSSR count). The van der Waals surface area contributed by atoms with Crippen molar-refractivity contribution >= 4 is 54.3 Å². The number of pyridine rings is 7. The molecule has 117 heavy (non-hydrogen) atoms. The maximum atomic E-state index is 13.2. The zero-order valence-electron chi connectivity index (χ0n) is 65.3. The van der Waals surface area contributed by atoms with Gasteiger partial charge in [-0.05, 0) is 150 Å². The number of rotatable bonds is 13. The molecule has 0 aliphatic rings. The SMILES string of the molecule is C.CCC(C)c1c[c-]c(-c2ccccn2)cc1.CCC(C)c1c[c-]c(-c2ccccn2)cc1.CCC(C)c1c[c-]c(-c2ccccn2)cc1.CO.CO.Cc1ccc2c(n1)oc1c(-c3cc(-c4ccc(F)cc4)ccn3)[c-]ccc12.Cc1ccc2c(n1)oc1c(-c3cc(-c4ccc(F)cc4)ccn3)cccc12.O=S(=O)(O)C(F)(F)F.[Ir].[Ir]. The van der Waals surface area contributed by atoms with Gasteiger partial charge < -0.3 is 39.0 Å². The Hall–Kier alpha value is -11.0. The smallest absolute Gasteiger partial charge is 0.486 e. The Morgan fingerprint density at radius 3 is 1.14 bits per heavy atom. The minimum Gasteiger partial charge on any atom is -0.486 e. The van der Waals surface area contributed by atoms with E-state index >= 15 is 0 Å². The van der Waals surface area contributed by atoms with E-state index in [1.807, 2.05) is 166 Å². The summed E-state index contributed by atoms with van der Waals surface area (Å²) in [6.45, 7) is 17.2. The number of hydrogen-bond donors (Lipinski definition) is 3. The molecule has 9 aromatic heterocycles. The summed E-state index contributed by atoms with van der Waals surface area (Å²) in [4.78, 5) is 31.0. The molecule has 0 spiro atoms. The van der Waals surface area contributed by atoms with Gasteiger partial charge in [0.15, 0.2) is 0 Å². The van der Waals surface area contributed by atoms with Crippen LogP contribution in [0.15, 0.2) is 276 Å². The average molecular weight is 1950 g/mol. The van der Waals surface area contributed by atoms with Gasteiger partial charge in [-0.25, -0.2) is 18.7 Å². The van der Waals surface area contributed by atoms with Crippen molar-refractivity contribution in [3.63, 3.8) is 0 Å². The maximum Gasteiger partial charge on any atom is 0.522 e. The number of aliphatic hydroxyl groups is 2. The summed E-state index contributed by atoms with van der Waals surface area (Å²) < 4.78 is 96.1. The number of furan rings is 2. The van der Waals surface area contributed by atoms with Gasteiger partial charge >= 0.3 is 15.6 Å². The standard InChI is InChI=1S/C23H15FN2O.C23H14FN2O.3C15H16N.CHF3O3S.2CH4O.CH4.2Ir/c2*1-14-5-10-19-18-3-2-4-20(22(18)27-23(19)26-14)21-13-16(11-12-25-21)15-6-8-17(24)9-7-15;3*1-3-12(2)13-7-9-14(10-8-13)15-6-4-5-11-16-15;2-1(3,4)8(5,6)7;2*1-2;;;/h2-13H,1H3;2-3,5-13H,1H3;3*4-9,11-12H,3H2,1-2H3;(H,5,6,7);2*2H,1H3;1H4;;/q;4*-1;;;;;;. The summed E-state index contributed by atoms with van der Waals surface area (Å²) in [5.74, 6) is 1.32. The number of para-hydroxylation sites is 1. The van der Waals surface area contributed by atoms with Gasteiger partial charge in [0.2, 0.25) is 11.4 Å². The Balaban J connectivity index is 0.000000222. The number of hydrogen-bond acceptors (Lipinski definition) is 13. The van der Waals surface area contributed by atoms with Crippen LogP contribution in [-0.2, 0) is 50.3 Å². The number of nitrogens with zero attached hydrogens (tertiary/aromatic N) is 7. The van der Waals surface area contributed by atoms with Gasteiger partial charge in [0.25, 0.3) is 0 Å². The Morgan fingerprint density at radius 2 is 0.778 bits per heavy atom. The molecule has 0 saturated carbocycles. The van der Waals surface area contributed by atoms with E-state index in [1.54, 1.807) is 36.7 Å². The molecule has 22 heteroatoms. The molecule has 3 atom stereocenters. The predicted octanol–water partition coefficient (Wildman–Crippen LogP) is 24.5. The number of alkyl halides is 3. The largest absolute Gasteiger partial charge is 0.522 e. The Labute approximate surface area is 708 Å². The topological polar surface area (TPSA) is 211 Å². The van der Waals surface area contributed by atoms with Gasteiger partial charge in [-0.1, -0.05) is 176 Å². The number of aliphatic hydroxyl groups excluding tert-OH is 2. The van der Waals surface area contributed by atoms with Crippen molar-refractivity contribution in [3.05, 3.63) is 332 Å². The molecule has 3 unspecified atom stereocenters. The van der Waals surface area contributed by atoms with E-state index in [-0.39, 0.29) is 59.3 Å². The molecule has 0 amide bonds. The fourth-order valence-electron chi connectivity index (χ4n) is 11.6. The van der Waals surface area contributed by atoms with E-state index in [0.29, 0.717) is 34.8 Å². The third kappa shape index (κ3) is 25.7. The molecule has 14 nitrogen and oxygen atoms in total. The van der Waals surface area contributed by atoms with E-state index < -0.39 is 15.6 Å². The summed E-state index contributed by atoms with van der Waals surface area (Å²) in [5, 5.41) is 18.0. The second-order valence-electron chi connectivity index (χ2n) is 26.1. The minimum absolute atomic E-state index is 0. The van der Waals surface area contributed by atoms with Crippen molar-refractivity contribution in [1.82, 2.24) is 34.9 Å². The van der Waals surface area contributed by atoms with Gasteiger partial charge in [-0.2, -0.15) is 21.6 Å². The van der Waals surface area contributed by atoms with Crippen LogP contribution < -0.4 is 0 Å². The summed E-state index contributed by atoms with van der Waals surface area (Å²) >= 11 is 0. The van der Waals surface area contributed by atoms with Crippen molar-refractivity contribution in [2.45, 2.75) is 105 Å². The Morgan fingerprint density at radius 1 is 0.410 bits per heavy atom. The number of aryl methyl sites for hydroxylation is 2. The molecule has 0 aliphatic carbocycles. The molecular weight excluding hydrogens is 1860 g/mol. The Kier molecular flexibility index (Phi) is 37.3. The predicted molar refractivity (Wildman–Crippen MR) is 451 cm³/mol. The van der Waals surface area contributed by atoms with Crippen molar-refractivity contribution in [1.29, 1.82) is 0 Å². The van der Waals surface area contributed by atoms with Crippen LogP contribution in [0, 0.1) is 49.7 Å². The van der Waals surface area contributed by atoms with Crippen LogP contribution in [0.2, 0.25) is 0 Å². The monoisotopic (exact) mass is 1950 g/mol. The minimum atomic E-state index is -5.84. The molecule has 3 N–H and O–H groups in total. The third-order valence-corrected chi connectivity index (χ3v) is 19.1. The van der Waals surface area contributed by atoms with Gasteiger partial charge in [0, 0.05) is 119 Å². The molecule has 0 fully saturated rings. The second kappa shape index (κ2) is 46.1. The molecule has 7 aromatic carbocycles. The molecule has 2 radical (unpaired) electrons. The van der Waals surface area contributed by atoms with Crippen LogP contribution in [-0.4, -0.2) is 77.8 Å². The maximum absolute atomic E-state index is 13.2. The molecular formula is C95H90F5Ir2N7O7S-4. The fraction of sp³-hybridized carbons (Fsp3) is 0.189. The zero-order chi connectivity index (χ0) is 81.9. The first-order chi connectivity index (χ1) is 55.0. The normalized spacial score (nSPS) is 11.4. The van der Waals surface area contributed by atoms with Crippen LogP contribution in [0.3, 0.4) is 0 Å². The molecule has 16 aromatic rings. The van der Waals surface area contributed by atoms with Gasteiger partial charge in [-0.3, -0.25) is 9.54 Å². The summed E-state index contributed by atoms with van der Waals surface area (Å²) in [6.07, 6.45) is 12.4. The van der Waals surface area contributed by atoms with Crippen molar-refractivity contribution in [3.8, 4) is 78.5 Å². The van der Waals surface area contributed by atoms with Crippen LogP contribution >= 0.6 is 0 Å². The first-order valence-corrected chi connectivity index (χ1v) is 38.2. The molecule has 9 heterocycles. The van der Waals surface area contributed by atoms with Crippen LogP contribution in [0.25, 0.3) is 123 Å². The van der Waals surface area contributed by atoms with E-state index in [4.69, 9.17) is 32.0 Å². The van der Waals surface area contributed by atoms with E-state index in [0.717, 1.165) is 151 Å². The van der Waals surface area contributed by atoms with Gasteiger partial charge in [-0.15, -0.1) is 124 Å². The summed E-state index contributed by atoms with van der Waals surface area (Å²) in [7, 11) is -3.84. The Bertz CT molecular complexity index is 5390. The first-order valence-electron chi connectivity index (χ1n) is 36.7. The van der Waals surface area contributed by atoms with Crippen molar-refractivity contribution in [2.75, 3.05) is 14.2 Å². The van der Waals surface area contributed by atoms with Crippen LogP contribution in [0.5, 0.6) is 0 Å². The number of aromatic nitrogens is 7. The van der Waals surface area contributed by atoms with Crippen LogP contribution in [0.4, 0.5) is 22.0 Å². The quantitative estimate of drug-likeness (QED) is 0.0424. The van der Waals surface area contributed by atoms with Crippen molar-refractivity contribution in [2.24, 2.45) is 0 Å². The molecule has 0 aliphatic heterocycles. The van der Waals surface area contributed by atoms with E-state index in [9.17, 15) is 22.0 Å². The molecule has 610 valence electrons. The molecule has 0 bridgehead atoms. The second-order valence-corrected chi connectivity index (χ2v) is 27.5. The van der Waals surface area contributed by atoms with Crippen LogP contribution in [0.1, 0.15) is 114 Å². The van der Waals surface area contributed by atoms with Crippen molar-refractivity contribution < 1.29 is 94.2 Å². The van der Waals surface area contributed by atoms with E-state index in [2.05, 4.69) is 155 Å². The van der Waals surface area contributed by atoms with E-state index in [1.165, 1.54) is 41.0 Å². The summed E-state index contributed by atoms with van der Waals surface area (Å²) in [5.41, 5.74) is 16.2. The van der Waals surface area contributed by atoms with Gasteiger partial charge in [0.05, 0.1) is 11.3 Å². The average Bonchev–Trinajstić information content (AvgIpc) is 1.65. The number of fused-ring (bicyclic) bond motifs is 6. The van der Waals surface area contributed by atoms with Gasteiger partial charge in [0.1, 0.15) is 17.2 Å². The number of halogens is 5. The zero-order valence-corrected chi connectivity index (χ0v) is 70.9. The fourth-order valence-corrected chi connectivity index (χ4v) is 11.6. The first kappa shape index (κ1) is 94.8. The summed E-state index contributed by atoms with van der Waals surface area (Å²) in [6, 6.07) is 88.6. The number of benzene rings is 7. The molecule has 0 saturated heterocycles.